The maximum absolute atomic E-state index is 12.5. The van der Waals surface area contributed by atoms with Gasteiger partial charge >= 0.3 is 11.9 Å². The number of rotatable bonds is 13. The maximum atomic E-state index is 12.5. The molecule has 3 fully saturated rings. The Morgan fingerprint density at radius 2 is 1.84 bits per heavy atom. The third-order valence-corrected chi connectivity index (χ3v) is 8.21. The fraction of sp³-hybridized carbons (Fsp3) is 0.667. The van der Waals surface area contributed by atoms with Gasteiger partial charge in [-0.1, -0.05) is 30.7 Å². The van der Waals surface area contributed by atoms with Crippen LogP contribution in [0.15, 0.2) is 36.0 Å². The molecule has 0 bridgehead atoms. The Bertz CT molecular complexity index is 1160. The molecule has 12 heteroatoms. The lowest BCUT2D eigenvalue weighted by Gasteiger charge is -2.39. The fourth-order valence-corrected chi connectivity index (χ4v) is 5.64. The van der Waals surface area contributed by atoms with Crippen molar-refractivity contribution in [2.75, 3.05) is 13.7 Å². The van der Waals surface area contributed by atoms with Crippen LogP contribution in [0.3, 0.4) is 0 Å². The Balaban J connectivity index is 1.46. The predicted octanol–water partition coefficient (Wildman–Crippen LogP) is 3.29. The van der Waals surface area contributed by atoms with Crippen LogP contribution in [0.25, 0.3) is 0 Å². The van der Waals surface area contributed by atoms with E-state index in [2.05, 4.69) is 18.3 Å². The van der Waals surface area contributed by atoms with E-state index in [1.54, 1.807) is 13.0 Å². The van der Waals surface area contributed by atoms with E-state index in [0.29, 0.717) is 32.2 Å². The van der Waals surface area contributed by atoms with Crippen LogP contribution in [0, 0.1) is 5.92 Å². The highest BCUT2D eigenvalue weighted by Crippen LogP contribution is 2.43. The van der Waals surface area contributed by atoms with Crippen LogP contribution in [-0.2, 0) is 47.8 Å². The van der Waals surface area contributed by atoms with Crippen LogP contribution in [0.4, 0.5) is 0 Å². The molecule has 12 nitrogen and oxygen atoms in total. The van der Waals surface area contributed by atoms with Crippen molar-refractivity contribution >= 4 is 30.0 Å². The van der Waals surface area contributed by atoms with Crippen molar-refractivity contribution in [3.63, 3.8) is 0 Å². The molecule has 3 aliphatic rings. The van der Waals surface area contributed by atoms with E-state index in [1.807, 2.05) is 26.0 Å². The fourth-order valence-electron chi connectivity index (χ4n) is 5.64. The average molecular weight is 633 g/mol. The number of carbonyl (C=O) groups is 5. The molecule has 1 spiro atoms. The number of esters is 1. The second kappa shape index (κ2) is 16.8. The summed E-state index contributed by atoms with van der Waals surface area (Å²) in [7, 11) is 1.35. The smallest absolute Gasteiger partial charge is 0.335 e. The van der Waals surface area contributed by atoms with Crippen LogP contribution in [0.5, 0.6) is 0 Å². The van der Waals surface area contributed by atoms with Gasteiger partial charge < -0.3 is 33.9 Å². The van der Waals surface area contributed by atoms with Crippen molar-refractivity contribution in [3.8, 4) is 0 Å². The van der Waals surface area contributed by atoms with Crippen LogP contribution in [0.2, 0.25) is 0 Å². The van der Waals surface area contributed by atoms with Gasteiger partial charge in [0.15, 0.2) is 0 Å². The van der Waals surface area contributed by atoms with E-state index in [-0.39, 0.29) is 61.0 Å². The highest BCUT2D eigenvalue weighted by molar-refractivity contribution is 5.87. The molecule has 0 radical (unpaired) electrons. The molecular formula is C33H48N2O10. The summed E-state index contributed by atoms with van der Waals surface area (Å²) in [6.07, 6.45) is 11.2. The molecule has 1 N–H and O–H groups in total. The van der Waals surface area contributed by atoms with E-state index in [1.165, 1.54) is 20.0 Å². The molecule has 0 aromatic heterocycles. The molecule has 3 rings (SSSR count). The zero-order valence-electron chi connectivity index (χ0n) is 27.2. The summed E-state index contributed by atoms with van der Waals surface area (Å²) in [6.45, 7) is 9.72. The SMILES string of the molecule is CC(=O)O[C@@H](C)/C=C\C(=O)N[C@@H]1C[C@H](C)[C@H](C/C=C(C)/C=C/[C@@H]2C[C@]3(CO3)C[C@@H](CC(=O)ON(C)C(=O)CCC=O)O2)O[C@@H]1C. The Labute approximate surface area is 265 Å². The van der Waals surface area contributed by atoms with E-state index in [0.717, 1.165) is 17.1 Å². The number of carbonyl (C=O) groups excluding carboxylic acids is 5. The van der Waals surface area contributed by atoms with Gasteiger partial charge in [0.05, 0.1) is 49.1 Å². The first-order chi connectivity index (χ1) is 21.3. The highest BCUT2D eigenvalue weighted by atomic mass is 16.7. The minimum atomic E-state index is -0.582. The van der Waals surface area contributed by atoms with Gasteiger partial charge in [-0.05, 0) is 45.6 Å². The molecule has 250 valence electrons. The summed E-state index contributed by atoms with van der Waals surface area (Å²) in [6, 6.07) is -0.128. The lowest BCUT2D eigenvalue weighted by molar-refractivity contribution is -0.196. The Morgan fingerprint density at radius 1 is 1.11 bits per heavy atom. The third kappa shape index (κ3) is 12.2. The zero-order valence-corrected chi connectivity index (χ0v) is 27.2. The maximum Gasteiger partial charge on any atom is 0.335 e. The number of hydroxylamine groups is 2. The second-order valence-electron chi connectivity index (χ2n) is 12.4. The lowest BCUT2D eigenvalue weighted by Crippen LogP contribution is -2.50. The van der Waals surface area contributed by atoms with Crippen molar-refractivity contribution < 1.29 is 47.8 Å². The van der Waals surface area contributed by atoms with Gasteiger partial charge in [-0.15, -0.1) is 0 Å². The molecule has 45 heavy (non-hydrogen) atoms. The summed E-state index contributed by atoms with van der Waals surface area (Å²) in [5.74, 6) is -1.46. The minimum Gasteiger partial charge on any atom is -0.459 e. The van der Waals surface area contributed by atoms with Crippen molar-refractivity contribution in [3.05, 3.63) is 36.0 Å². The van der Waals surface area contributed by atoms with E-state index >= 15 is 0 Å². The summed E-state index contributed by atoms with van der Waals surface area (Å²) in [4.78, 5) is 63.5. The topological polar surface area (TPSA) is 150 Å². The van der Waals surface area contributed by atoms with Gasteiger partial charge in [-0.3, -0.25) is 14.4 Å². The van der Waals surface area contributed by atoms with Crippen molar-refractivity contribution in [2.45, 2.75) is 122 Å². The van der Waals surface area contributed by atoms with Crippen LogP contribution >= 0.6 is 0 Å². The molecule has 2 amide bonds. The number of ether oxygens (including phenoxy) is 4. The first-order valence-electron chi connectivity index (χ1n) is 15.7. The first-order valence-corrected chi connectivity index (χ1v) is 15.7. The quantitative estimate of drug-likeness (QED) is 0.0800. The lowest BCUT2D eigenvalue weighted by atomic mass is 9.88. The number of nitrogens with one attached hydrogen (secondary N) is 1. The Morgan fingerprint density at radius 3 is 2.51 bits per heavy atom. The molecule has 0 saturated carbocycles. The van der Waals surface area contributed by atoms with Crippen LogP contribution in [-0.4, -0.2) is 90.9 Å². The number of hydrogen-bond donors (Lipinski definition) is 1. The standard InChI is InChI=1S/C33H48N2O10/c1-21(10-13-29-22(2)16-28(24(4)43-29)34-30(38)14-11-23(3)42-25(5)37)9-12-26-18-33(20-41-33)19-27(44-26)17-32(40)45-35(6)31(39)8-7-15-36/h9-12,14-15,22-24,26-29H,7-8,13,16-20H2,1-6H3,(H,34,38)/b12-9+,14-11-,21-10+/t22-,23-,24+,26+,27+,28+,29-,33+/m0/s1. The summed E-state index contributed by atoms with van der Waals surface area (Å²) in [5.41, 5.74) is 0.748. The van der Waals surface area contributed by atoms with Gasteiger partial charge in [0.25, 0.3) is 5.91 Å². The summed E-state index contributed by atoms with van der Waals surface area (Å²) in [5, 5.41) is 3.86. The number of nitrogens with zero attached hydrogens (tertiary/aromatic N) is 1. The van der Waals surface area contributed by atoms with E-state index in [9.17, 15) is 24.0 Å². The van der Waals surface area contributed by atoms with Gasteiger partial charge in [0.1, 0.15) is 12.4 Å². The zero-order chi connectivity index (χ0) is 33.1. The number of aldehydes is 1. The number of amides is 2. The van der Waals surface area contributed by atoms with E-state index in [4.69, 9.17) is 23.8 Å². The molecule has 3 aliphatic heterocycles. The Kier molecular flexibility index (Phi) is 13.5. The largest absolute Gasteiger partial charge is 0.459 e. The minimum absolute atomic E-state index is 0.00365. The van der Waals surface area contributed by atoms with Gasteiger partial charge in [0.2, 0.25) is 5.91 Å². The number of epoxide rings is 1. The average Bonchev–Trinajstić information content (AvgIpc) is 3.71. The molecule has 0 aliphatic carbocycles. The van der Waals surface area contributed by atoms with Gasteiger partial charge in [-0.2, -0.15) is 5.06 Å². The van der Waals surface area contributed by atoms with Crippen LogP contribution in [0.1, 0.15) is 79.6 Å². The summed E-state index contributed by atoms with van der Waals surface area (Å²) < 4.78 is 23.2. The van der Waals surface area contributed by atoms with E-state index < -0.39 is 30.1 Å². The molecule has 0 unspecified atom stereocenters. The molecular weight excluding hydrogens is 584 g/mol. The monoisotopic (exact) mass is 632 g/mol. The molecule has 3 saturated heterocycles. The normalized spacial score (nSPS) is 30.6. The molecule has 0 aromatic carbocycles. The van der Waals surface area contributed by atoms with Gasteiger partial charge in [-0.25, -0.2) is 4.79 Å². The first kappa shape index (κ1) is 36.1. The second-order valence-corrected chi connectivity index (χ2v) is 12.4. The molecule has 0 aromatic rings. The van der Waals surface area contributed by atoms with Crippen molar-refractivity contribution in [1.29, 1.82) is 0 Å². The van der Waals surface area contributed by atoms with Crippen LogP contribution < -0.4 is 5.32 Å². The molecule has 3 heterocycles. The third-order valence-electron chi connectivity index (χ3n) is 8.21. The van der Waals surface area contributed by atoms with Crippen molar-refractivity contribution in [2.24, 2.45) is 5.92 Å². The molecule has 8 atom stereocenters. The number of hydrogen-bond acceptors (Lipinski definition) is 10. The highest BCUT2D eigenvalue weighted by Gasteiger charge is 2.51. The Hall–Kier alpha value is -3.35. The number of allylic oxidation sites excluding steroid dienone is 2. The summed E-state index contributed by atoms with van der Waals surface area (Å²) >= 11 is 0. The van der Waals surface area contributed by atoms with Gasteiger partial charge in [0, 0.05) is 45.7 Å². The van der Waals surface area contributed by atoms with Crippen molar-refractivity contribution in [1.82, 2.24) is 10.4 Å². The predicted molar refractivity (Wildman–Crippen MR) is 163 cm³/mol.